The van der Waals surface area contributed by atoms with Crippen LogP contribution in [0.25, 0.3) is 4.85 Å². The van der Waals surface area contributed by atoms with E-state index in [0.717, 1.165) is 42.7 Å². The van der Waals surface area contributed by atoms with Crippen LogP contribution in [0.5, 0.6) is 0 Å². The monoisotopic (exact) mass is 545 g/mol. The molecular formula is C34H31N3O4. The molecule has 0 unspecified atom stereocenters. The fraction of sp³-hybridized carbons (Fsp3) is 0.235. The van der Waals surface area contributed by atoms with Crippen molar-refractivity contribution >= 4 is 23.0 Å². The van der Waals surface area contributed by atoms with Gasteiger partial charge >= 0.3 is 0 Å². The van der Waals surface area contributed by atoms with Gasteiger partial charge in [-0.25, -0.2) is 6.57 Å². The fourth-order valence-corrected chi connectivity index (χ4v) is 5.13. The Bertz CT molecular complexity index is 1570. The van der Waals surface area contributed by atoms with Crippen LogP contribution < -0.4 is 4.90 Å². The van der Waals surface area contributed by atoms with E-state index in [9.17, 15) is 19.5 Å². The molecule has 0 radical (unpaired) electrons. The highest BCUT2D eigenvalue weighted by Crippen LogP contribution is 2.22. The third kappa shape index (κ3) is 6.68. The Labute approximate surface area is 239 Å². The molecule has 0 saturated carbocycles. The van der Waals surface area contributed by atoms with Crippen molar-refractivity contribution in [2.75, 3.05) is 18.0 Å². The molecule has 0 spiro atoms. The van der Waals surface area contributed by atoms with Crippen molar-refractivity contribution in [1.29, 1.82) is 0 Å². The van der Waals surface area contributed by atoms with Crippen LogP contribution in [0.3, 0.4) is 0 Å². The molecule has 7 heteroatoms. The molecule has 0 bridgehead atoms. The molecule has 0 atom stereocenters. The van der Waals surface area contributed by atoms with Crippen LogP contribution in [0.4, 0.5) is 5.69 Å². The third-order valence-corrected chi connectivity index (χ3v) is 7.52. The van der Waals surface area contributed by atoms with E-state index >= 15 is 0 Å². The summed E-state index contributed by atoms with van der Waals surface area (Å²) >= 11 is 0. The molecule has 3 aromatic carbocycles. The molecule has 0 aliphatic carbocycles. The highest BCUT2D eigenvalue weighted by molar-refractivity contribution is 6.09. The van der Waals surface area contributed by atoms with Gasteiger partial charge in [0.25, 0.3) is 6.67 Å². The number of aromatic nitrogens is 1. The maximum Gasteiger partial charge on any atom is 0.293 e. The van der Waals surface area contributed by atoms with Crippen LogP contribution in [0.1, 0.15) is 60.7 Å². The van der Waals surface area contributed by atoms with Gasteiger partial charge in [-0.2, -0.15) is 0 Å². The number of nitrogens with zero attached hydrogens (tertiary/aromatic N) is 3. The van der Waals surface area contributed by atoms with E-state index in [4.69, 9.17) is 6.57 Å². The van der Waals surface area contributed by atoms with E-state index in [1.165, 1.54) is 0 Å². The highest BCUT2D eigenvalue weighted by atomic mass is 16.3. The van der Waals surface area contributed by atoms with Crippen molar-refractivity contribution in [1.82, 2.24) is 4.57 Å². The first kappa shape index (κ1) is 27.8. The maximum absolute atomic E-state index is 13.0. The largest absolute Gasteiger partial charge is 0.393 e. The van der Waals surface area contributed by atoms with E-state index in [1.54, 1.807) is 59.3 Å². The molecule has 7 nitrogen and oxygen atoms in total. The molecule has 1 aromatic heterocycles. The number of hydrogen-bond donors (Lipinski definition) is 1. The summed E-state index contributed by atoms with van der Waals surface area (Å²) in [4.78, 5) is 44.1. The lowest BCUT2D eigenvalue weighted by atomic mass is 9.97. The Kier molecular flexibility index (Phi) is 8.52. The number of ketones is 3. The zero-order valence-electron chi connectivity index (χ0n) is 22.7. The molecule has 1 fully saturated rings. The quantitative estimate of drug-likeness (QED) is 0.213. The van der Waals surface area contributed by atoms with Crippen molar-refractivity contribution in [3.63, 3.8) is 0 Å². The van der Waals surface area contributed by atoms with Gasteiger partial charge < -0.3 is 10.0 Å². The topological polar surface area (TPSA) is 84.0 Å². The number of aliphatic hydroxyl groups is 1. The molecule has 206 valence electrons. The maximum atomic E-state index is 13.0. The number of anilines is 1. The van der Waals surface area contributed by atoms with Gasteiger partial charge in [0, 0.05) is 54.5 Å². The second kappa shape index (κ2) is 12.6. The van der Waals surface area contributed by atoms with Gasteiger partial charge in [0.05, 0.1) is 11.8 Å². The van der Waals surface area contributed by atoms with E-state index in [-0.39, 0.29) is 43.0 Å². The van der Waals surface area contributed by atoms with E-state index in [1.807, 2.05) is 36.4 Å². The lowest BCUT2D eigenvalue weighted by molar-refractivity contribution is 0.0979. The molecule has 41 heavy (non-hydrogen) atoms. The predicted octanol–water partition coefficient (Wildman–Crippen LogP) is 5.41. The average molecular weight is 546 g/mol. The summed E-state index contributed by atoms with van der Waals surface area (Å²) in [5, 5.41) is 9.71. The normalized spacial score (nSPS) is 13.5. The Morgan fingerprint density at radius 1 is 0.756 bits per heavy atom. The van der Waals surface area contributed by atoms with Gasteiger partial charge in [-0.15, -0.1) is 0 Å². The van der Waals surface area contributed by atoms with E-state index in [0.29, 0.717) is 22.4 Å². The smallest absolute Gasteiger partial charge is 0.293 e. The second-order valence-corrected chi connectivity index (χ2v) is 10.4. The summed E-state index contributed by atoms with van der Waals surface area (Å²) in [5.74, 6) is -0.203. The molecule has 1 aliphatic heterocycles. The average Bonchev–Trinajstić information content (AvgIpc) is 3.47. The van der Waals surface area contributed by atoms with Crippen LogP contribution in [0.2, 0.25) is 0 Å². The SMILES string of the molecule is [C-]#[N+]Cn1cccc1C(=O)Cc1ccc(C(=O)c2ccc(CC(=O)c3ccc(N4CCC(O)CC4)cc3)cc2)cc1. The number of hydrogen-bond acceptors (Lipinski definition) is 5. The zero-order valence-corrected chi connectivity index (χ0v) is 22.7. The Morgan fingerprint density at radius 2 is 1.29 bits per heavy atom. The van der Waals surface area contributed by atoms with Gasteiger partial charge in [0.15, 0.2) is 17.3 Å². The van der Waals surface area contributed by atoms with Gasteiger partial charge in [0.2, 0.25) is 0 Å². The standard InChI is InChI=1S/C34H31N3O4/c1-35-23-37-18-2-3-31(37)33(40)22-25-6-10-28(11-7-25)34(41)27-8-4-24(5-9-27)21-32(39)26-12-14-29(15-13-26)36-19-16-30(38)17-20-36/h2-15,18,30,38H,16-17,19-23H2. The zero-order chi connectivity index (χ0) is 28.8. The summed E-state index contributed by atoms with van der Waals surface area (Å²) in [5.41, 5.74) is 4.86. The Balaban J connectivity index is 1.16. The van der Waals surface area contributed by atoms with Gasteiger partial charge in [-0.3, -0.25) is 23.8 Å². The summed E-state index contributed by atoms with van der Waals surface area (Å²) in [6.45, 7) is 8.75. The molecular weight excluding hydrogens is 514 g/mol. The Morgan fingerprint density at radius 3 is 1.85 bits per heavy atom. The van der Waals surface area contributed by atoms with Crippen molar-refractivity contribution in [3.8, 4) is 0 Å². The van der Waals surface area contributed by atoms with Crippen LogP contribution in [0.15, 0.2) is 91.1 Å². The minimum absolute atomic E-state index is 0.0104. The number of benzene rings is 3. The van der Waals surface area contributed by atoms with Gasteiger partial charge in [0.1, 0.15) is 0 Å². The van der Waals surface area contributed by atoms with Crippen molar-refractivity contribution in [2.45, 2.75) is 38.5 Å². The first-order chi connectivity index (χ1) is 19.9. The van der Waals surface area contributed by atoms with E-state index in [2.05, 4.69) is 9.74 Å². The molecule has 1 aliphatic rings. The predicted molar refractivity (Wildman–Crippen MR) is 157 cm³/mol. The van der Waals surface area contributed by atoms with Crippen molar-refractivity contribution < 1.29 is 19.5 Å². The van der Waals surface area contributed by atoms with Crippen molar-refractivity contribution in [2.24, 2.45) is 0 Å². The molecule has 5 rings (SSSR count). The number of Topliss-reactive ketones (excluding diaryl/α,β-unsaturated/α-hetero) is 2. The minimum atomic E-state index is -0.224. The molecule has 0 amide bonds. The lowest BCUT2D eigenvalue weighted by Gasteiger charge is -2.31. The summed E-state index contributed by atoms with van der Waals surface area (Å²) in [6.07, 6.45) is 3.43. The van der Waals surface area contributed by atoms with Crippen LogP contribution >= 0.6 is 0 Å². The van der Waals surface area contributed by atoms with Crippen LogP contribution in [0, 0.1) is 6.57 Å². The summed E-state index contributed by atoms with van der Waals surface area (Å²) in [7, 11) is 0. The number of aliphatic hydroxyl groups excluding tert-OH is 1. The van der Waals surface area contributed by atoms with Crippen LogP contribution in [-0.4, -0.2) is 46.2 Å². The molecule has 2 heterocycles. The fourth-order valence-electron chi connectivity index (χ4n) is 5.13. The third-order valence-electron chi connectivity index (χ3n) is 7.52. The molecule has 1 saturated heterocycles. The molecule has 4 aromatic rings. The second-order valence-electron chi connectivity index (χ2n) is 10.4. The Hall–Kier alpha value is -4.80. The number of carbonyl (C=O) groups is 3. The van der Waals surface area contributed by atoms with Gasteiger partial charge in [-0.1, -0.05) is 48.5 Å². The minimum Gasteiger partial charge on any atom is -0.393 e. The van der Waals surface area contributed by atoms with Gasteiger partial charge in [-0.05, 0) is 60.4 Å². The number of piperidine rings is 1. The van der Waals surface area contributed by atoms with E-state index < -0.39 is 0 Å². The molecule has 1 N–H and O–H groups in total. The highest BCUT2D eigenvalue weighted by Gasteiger charge is 2.18. The number of carbonyl (C=O) groups excluding carboxylic acids is 3. The first-order valence-corrected chi connectivity index (χ1v) is 13.7. The first-order valence-electron chi connectivity index (χ1n) is 13.7. The summed E-state index contributed by atoms with van der Waals surface area (Å²) < 4.78 is 1.63. The van der Waals surface area contributed by atoms with Crippen LogP contribution in [-0.2, 0) is 19.5 Å². The lowest BCUT2D eigenvalue weighted by Crippen LogP contribution is -2.35. The number of rotatable bonds is 10. The van der Waals surface area contributed by atoms with Crippen molar-refractivity contribution in [3.05, 3.63) is 136 Å². The summed E-state index contributed by atoms with van der Waals surface area (Å²) in [6, 6.07) is 25.2.